The van der Waals surface area contributed by atoms with Gasteiger partial charge in [-0.15, -0.1) is 48.0 Å². The molecule has 0 spiro atoms. The van der Waals surface area contributed by atoms with Gasteiger partial charge < -0.3 is 5.73 Å². The first kappa shape index (κ1) is 18.8. The minimum atomic E-state index is 0. The number of nitrogens with two attached hydrogens (primary N) is 1. The highest BCUT2D eigenvalue weighted by atomic mass is 35.5. The molecule has 0 saturated carbocycles. The van der Waals surface area contributed by atoms with Crippen LogP contribution >= 0.6 is 48.0 Å². The van der Waals surface area contributed by atoms with Crippen molar-refractivity contribution in [3.05, 3.63) is 0 Å². The van der Waals surface area contributed by atoms with Crippen LogP contribution in [0.3, 0.4) is 0 Å². The summed E-state index contributed by atoms with van der Waals surface area (Å²) < 4.78 is 0. The van der Waals surface area contributed by atoms with Gasteiger partial charge in [0.15, 0.2) is 0 Å². The van der Waals surface area contributed by atoms with Crippen LogP contribution in [0.5, 0.6) is 0 Å². The first-order chi connectivity index (χ1) is 4.85. The summed E-state index contributed by atoms with van der Waals surface area (Å²) in [5.74, 6) is 1.30. The third-order valence-electron chi connectivity index (χ3n) is 1.25. The Hall–Kier alpha value is 1.08. The second kappa shape index (κ2) is 14.6. The van der Waals surface area contributed by atoms with Crippen molar-refractivity contribution in [2.24, 2.45) is 5.73 Å². The van der Waals surface area contributed by atoms with E-state index in [-0.39, 0.29) is 24.8 Å². The highest BCUT2D eigenvalue weighted by Gasteiger charge is 1.99. The van der Waals surface area contributed by atoms with Crippen LogP contribution in [0, 0.1) is 0 Å². The van der Waals surface area contributed by atoms with E-state index in [9.17, 15) is 0 Å². The van der Waals surface area contributed by atoms with Gasteiger partial charge in [0.2, 0.25) is 0 Å². The maximum atomic E-state index is 5.54. The topological polar surface area (TPSA) is 29.3 Å². The summed E-state index contributed by atoms with van der Waals surface area (Å²) in [5.41, 5.74) is 5.36. The van der Waals surface area contributed by atoms with Crippen molar-refractivity contribution in [2.75, 3.05) is 37.9 Å². The van der Waals surface area contributed by atoms with E-state index in [1.54, 1.807) is 0 Å². The fourth-order valence-electron chi connectivity index (χ4n) is 0.757. The van der Waals surface area contributed by atoms with E-state index in [0.29, 0.717) is 18.3 Å². The molecule has 0 aliphatic heterocycles. The van der Waals surface area contributed by atoms with Gasteiger partial charge >= 0.3 is 0 Å². The largest absolute Gasteiger partial charge is 0.329 e. The molecule has 0 aromatic carbocycles. The average molecular weight is 258 g/mol. The zero-order valence-corrected chi connectivity index (χ0v) is 9.98. The fourth-order valence-corrected chi connectivity index (χ4v) is 1.24. The Morgan fingerprint density at radius 2 is 1.33 bits per heavy atom. The Kier molecular flexibility index (Phi) is 22.8. The Morgan fingerprint density at radius 3 is 1.58 bits per heavy atom. The quantitative estimate of drug-likeness (QED) is 0.732. The summed E-state index contributed by atoms with van der Waals surface area (Å²) in [5, 5.41) is 0. The summed E-state index contributed by atoms with van der Waals surface area (Å²) >= 11 is 11.1. The molecule has 12 heavy (non-hydrogen) atoms. The van der Waals surface area contributed by atoms with Gasteiger partial charge in [0.1, 0.15) is 0 Å². The SMILES string of the molecule is Cl.Cl.NCCN(CCCl)CCCl. The number of hydrogen-bond donors (Lipinski definition) is 1. The van der Waals surface area contributed by atoms with E-state index in [4.69, 9.17) is 28.9 Å². The molecule has 78 valence electrons. The zero-order valence-electron chi connectivity index (χ0n) is 6.84. The molecule has 0 rings (SSSR count). The molecule has 0 heterocycles. The number of nitrogens with zero attached hydrogens (tertiary/aromatic N) is 1. The van der Waals surface area contributed by atoms with Crippen molar-refractivity contribution in [1.82, 2.24) is 4.90 Å². The highest BCUT2D eigenvalue weighted by Crippen LogP contribution is 1.89. The molecular weight excluding hydrogens is 242 g/mol. The Labute approximate surface area is 96.6 Å². The standard InChI is InChI=1S/C6H14Cl2N2.2ClH/c7-1-4-10(5-2-8)6-3-9;;/h1-6,9H2;2*1H. The molecule has 0 atom stereocenters. The first-order valence-electron chi connectivity index (χ1n) is 3.39. The fraction of sp³-hybridized carbons (Fsp3) is 1.00. The molecule has 0 saturated heterocycles. The molecule has 0 fully saturated rings. The normalized spacial score (nSPS) is 9.00. The van der Waals surface area contributed by atoms with Gasteiger partial charge in [-0.25, -0.2) is 0 Å². The van der Waals surface area contributed by atoms with Gasteiger partial charge in [0.25, 0.3) is 0 Å². The summed E-state index contributed by atoms with van der Waals surface area (Å²) in [6.07, 6.45) is 0. The molecule has 0 aromatic rings. The van der Waals surface area contributed by atoms with Crippen molar-refractivity contribution in [3.8, 4) is 0 Å². The van der Waals surface area contributed by atoms with Crippen LogP contribution < -0.4 is 5.73 Å². The van der Waals surface area contributed by atoms with Gasteiger partial charge in [0, 0.05) is 37.9 Å². The predicted octanol–water partition coefficient (Wildman–Crippen LogP) is 1.57. The molecule has 0 aliphatic carbocycles. The molecule has 2 N–H and O–H groups in total. The van der Waals surface area contributed by atoms with Crippen molar-refractivity contribution in [2.45, 2.75) is 0 Å². The second-order valence-corrected chi connectivity index (χ2v) is 2.76. The lowest BCUT2D eigenvalue weighted by Crippen LogP contribution is -2.32. The third kappa shape index (κ3) is 11.1. The van der Waals surface area contributed by atoms with Crippen LogP contribution in [-0.4, -0.2) is 42.8 Å². The number of rotatable bonds is 6. The van der Waals surface area contributed by atoms with Gasteiger partial charge in [-0.05, 0) is 0 Å². The predicted molar refractivity (Wildman–Crippen MR) is 61.4 cm³/mol. The highest BCUT2D eigenvalue weighted by molar-refractivity contribution is 6.18. The van der Waals surface area contributed by atoms with E-state index in [1.807, 2.05) is 0 Å². The van der Waals surface area contributed by atoms with Crippen LogP contribution in [0.4, 0.5) is 0 Å². The Morgan fingerprint density at radius 1 is 0.917 bits per heavy atom. The number of halogens is 4. The molecule has 0 unspecified atom stereocenters. The van der Waals surface area contributed by atoms with E-state index in [2.05, 4.69) is 4.90 Å². The van der Waals surface area contributed by atoms with Crippen LogP contribution in [0.2, 0.25) is 0 Å². The lowest BCUT2D eigenvalue weighted by atomic mass is 10.5. The van der Waals surface area contributed by atoms with Crippen LogP contribution in [0.1, 0.15) is 0 Å². The molecular formula is C6H16Cl4N2. The summed E-state index contributed by atoms with van der Waals surface area (Å²) in [6.45, 7) is 3.32. The lowest BCUT2D eigenvalue weighted by Gasteiger charge is -2.18. The zero-order chi connectivity index (χ0) is 7.82. The van der Waals surface area contributed by atoms with E-state index in [0.717, 1.165) is 19.6 Å². The Bertz CT molecular complexity index is 60.3. The minimum Gasteiger partial charge on any atom is -0.329 e. The van der Waals surface area contributed by atoms with Crippen molar-refractivity contribution in [3.63, 3.8) is 0 Å². The van der Waals surface area contributed by atoms with Crippen LogP contribution in [-0.2, 0) is 0 Å². The lowest BCUT2D eigenvalue weighted by molar-refractivity contribution is 0.316. The van der Waals surface area contributed by atoms with Crippen molar-refractivity contribution in [1.29, 1.82) is 0 Å². The monoisotopic (exact) mass is 256 g/mol. The molecule has 6 heteroatoms. The smallest absolute Gasteiger partial charge is 0.0351 e. The van der Waals surface area contributed by atoms with Gasteiger partial charge in [-0.1, -0.05) is 0 Å². The van der Waals surface area contributed by atoms with Crippen LogP contribution in [0.15, 0.2) is 0 Å². The minimum absolute atomic E-state index is 0. The summed E-state index contributed by atoms with van der Waals surface area (Å²) in [7, 11) is 0. The molecule has 0 aliphatic rings. The molecule has 0 bridgehead atoms. The summed E-state index contributed by atoms with van der Waals surface area (Å²) in [6, 6.07) is 0. The second-order valence-electron chi connectivity index (χ2n) is 2.01. The molecule has 0 amide bonds. The van der Waals surface area contributed by atoms with E-state index >= 15 is 0 Å². The first-order valence-corrected chi connectivity index (χ1v) is 4.46. The van der Waals surface area contributed by atoms with E-state index in [1.165, 1.54) is 0 Å². The molecule has 0 aromatic heterocycles. The van der Waals surface area contributed by atoms with E-state index < -0.39 is 0 Å². The number of hydrogen-bond acceptors (Lipinski definition) is 2. The van der Waals surface area contributed by atoms with Gasteiger partial charge in [-0.2, -0.15) is 0 Å². The maximum Gasteiger partial charge on any atom is 0.0351 e. The number of alkyl halides is 2. The Balaban J connectivity index is -0.000000405. The van der Waals surface area contributed by atoms with Crippen LogP contribution in [0.25, 0.3) is 0 Å². The van der Waals surface area contributed by atoms with Gasteiger partial charge in [-0.3, -0.25) is 4.90 Å². The molecule has 2 nitrogen and oxygen atoms in total. The summed E-state index contributed by atoms with van der Waals surface area (Å²) in [4.78, 5) is 2.15. The van der Waals surface area contributed by atoms with Gasteiger partial charge in [0.05, 0.1) is 0 Å². The maximum absolute atomic E-state index is 5.54. The third-order valence-corrected chi connectivity index (χ3v) is 1.58. The van der Waals surface area contributed by atoms with Crippen molar-refractivity contribution < 1.29 is 0 Å². The molecule has 0 radical (unpaired) electrons. The van der Waals surface area contributed by atoms with Crippen molar-refractivity contribution >= 4 is 48.0 Å². The average Bonchev–Trinajstić information content (AvgIpc) is 1.90.